The van der Waals surface area contributed by atoms with Gasteiger partial charge in [0.25, 0.3) is 16.0 Å². The lowest BCUT2D eigenvalue weighted by Gasteiger charge is -2.38. The molecule has 12 heteroatoms. The van der Waals surface area contributed by atoms with Crippen molar-refractivity contribution in [1.82, 2.24) is 4.98 Å². The molecular weight excluding hydrogens is 557 g/mol. The minimum absolute atomic E-state index is 0.209. The second-order valence-corrected chi connectivity index (χ2v) is 12.8. The molecular formula is C27H22N4O5S3. The molecule has 39 heavy (non-hydrogen) atoms. The highest BCUT2D eigenvalue weighted by molar-refractivity contribution is 8.06. The number of thioether (sulfide) groups is 1. The van der Waals surface area contributed by atoms with Crippen molar-refractivity contribution in [2.75, 3.05) is 17.0 Å². The molecule has 1 unspecified atom stereocenters. The maximum atomic E-state index is 14.1. The SMILES string of the molecule is COc1ccc(/C=C2\SC3(CC(C)=NN3c3ccc(S(=O)(=O)O)cc3)N(c3nc4ccccc4s3)C2=O)cc1. The molecule has 0 radical (unpaired) electrons. The van der Waals surface area contributed by atoms with Crippen LogP contribution in [0, 0.1) is 0 Å². The second kappa shape index (κ2) is 9.49. The number of thiazole rings is 1. The summed E-state index contributed by atoms with van der Waals surface area (Å²) in [6.45, 7) is 1.89. The lowest BCUT2D eigenvalue weighted by atomic mass is 10.2. The average Bonchev–Trinajstić information content (AvgIpc) is 3.56. The van der Waals surface area contributed by atoms with E-state index in [1.165, 1.54) is 35.2 Å². The van der Waals surface area contributed by atoms with E-state index < -0.39 is 15.1 Å². The van der Waals surface area contributed by atoms with Crippen molar-refractivity contribution in [3.8, 4) is 5.75 Å². The van der Waals surface area contributed by atoms with Crippen molar-refractivity contribution in [3.05, 3.63) is 83.3 Å². The number of methoxy groups -OCH3 is 1. The maximum Gasteiger partial charge on any atom is 0.294 e. The number of para-hydroxylation sites is 1. The van der Waals surface area contributed by atoms with Crippen molar-refractivity contribution >= 4 is 71.9 Å². The molecule has 4 aromatic rings. The number of carbonyl (C=O) groups is 1. The second-order valence-electron chi connectivity index (χ2n) is 9.02. The highest BCUT2D eigenvalue weighted by atomic mass is 32.2. The molecule has 0 bridgehead atoms. The van der Waals surface area contributed by atoms with E-state index in [4.69, 9.17) is 14.8 Å². The molecule has 1 amide bonds. The lowest BCUT2D eigenvalue weighted by Crippen LogP contribution is -2.53. The van der Waals surface area contributed by atoms with Gasteiger partial charge in [-0.2, -0.15) is 13.5 Å². The minimum atomic E-state index is -4.36. The Bertz CT molecular complexity index is 1730. The van der Waals surface area contributed by atoms with Gasteiger partial charge in [-0.1, -0.05) is 47.4 Å². The standard InChI is InChI=1S/C27H22N4O5S3/c1-17-16-27(31(29-17)19-9-13-21(14-10-19)39(33,34)35)30(26-28-22-5-3-4-6-23(22)37-26)25(32)24(38-27)15-18-7-11-20(36-2)12-8-18/h3-15H,16H2,1-2H3,(H,33,34,35)/b24-15-. The van der Waals surface area contributed by atoms with Gasteiger partial charge in [-0.05, 0) is 67.1 Å². The Morgan fingerprint density at radius 1 is 1.05 bits per heavy atom. The minimum Gasteiger partial charge on any atom is -0.497 e. The number of ether oxygens (including phenoxy) is 1. The van der Waals surface area contributed by atoms with Crippen LogP contribution in [0.4, 0.5) is 10.8 Å². The number of rotatable bonds is 5. The van der Waals surface area contributed by atoms with E-state index in [2.05, 4.69) is 0 Å². The summed E-state index contributed by atoms with van der Waals surface area (Å²) in [6, 6.07) is 20.9. The van der Waals surface area contributed by atoms with E-state index in [1.807, 2.05) is 61.5 Å². The van der Waals surface area contributed by atoms with E-state index in [0.717, 1.165) is 27.2 Å². The summed E-state index contributed by atoms with van der Waals surface area (Å²) in [5.74, 6) is 0.508. The van der Waals surface area contributed by atoms with E-state index in [1.54, 1.807) is 29.2 Å². The van der Waals surface area contributed by atoms with Crippen LogP contribution in [0.25, 0.3) is 16.3 Å². The normalized spacial score (nSPS) is 20.4. The quantitative estimate of drug-likeness (QED) is 0.240. The summed E-state index contributed by atoms with van der Waals surface area (Å²) < 4.78 is 38.9. The predicted molar refractivity (Wildman–Crippen MR) is 155 cm³/mol. The first-order chi connectivity index (χ1) is 18.7. The Balaban J connectivity index is 1.49. The fraction of sp³-hybridized carbons (Fsp3) is 0.148. The number of nitrogens with zero attached hydrogens (tertiary/aromatic N) is 4. The molecule has 1 saturated heterocycles. The number of amides is 1. The van der Waals surface area contributed by atoms with Crippen LogP contribution in [0.15, 0.2) is 87.7 Å². The van der Waals surface area contributed by atoms with Crippen molar-refractivity contribution in [1.29, 1.82) is 0 Å². The van der Waals surface area contributed by atoms with Crippen LogP contribution in [0.3, 0.4) is 0 Å². The third-order valence-electron chi connectivity index (χ3n) is 6.39. The van der Waals surface area contributed by atoms with E-state index in [-0.39, 0.29) is 10.8 Å². The van der Waals surface area contributed by atoms with E-state index >= 15 is 0 Å². The van der Waals surface area contributed by atoms with Crippen LogP contribution >= 0.6 is 23.1 Å². The Morgan fingerprint density at radius 2 is 1.77 bits per heavy atom. The monoisotopic (exact) mass is 578 g/mol. The molecule has 1 spiro atoms. The summed E-state index contributed by atoms with van der Waals surface area (Å²) in [7, 11) is -2.76. The first-order valence-corrected chi connectivity index (χ1v) is 14.9. The summed E-state index contributed by atoms with van der Waals surface area (Å²) in [6.07, 6.45) is 2.27. The molecule has 1 atom stereocenters. The summed E-state index contributed by atoms with van der Waals surface area (Å²) in [4.78, 5) is 19.9. The van der Waals surface area contributed by atoms with Gasteiger partial charge in [0.2, 0.25) is 4.99 Å². The molecule has 6 rings (SSSR count). The zero-order valence-electron chi connectivity index (χ0n) is 20.8. The highest BCUT2D eigenvalue weighted by Gasteiger charge is 2.58. The Labute approximate surface area is 233 Å². The maximum absolute atomic E-state index is 14.1. The van der Waals surface area contributed by atoms with E-state index in [0.29, 0.717) is 22.1 Å². The lowest BCUT2D eigenvalue weighted by molar-refractivity contribution is -0.114. The van der Waals surface area contributed by atoms with Crippen LogP contribution in [-0.4, -0.2) is 41.7 Å². The summed E-state index contributed by atoms with van der Waals surface area (Å²) in [5, 5.41) is 7.04. The molecule has 0 aliphatic carbocycles. The van der Waals surface area contributed by atoms with Crippen LogP contribution in [0.5, 0.6) is 5.75 Å². The Kier molecular flexibility index (Phi) is 6.22. The van der Waals surface area contributed by atoms with Crippen LogP contribution in [0.1, 0.15) is 18.9 Å². The van der Waals surface area contributed by atoms with Crippen molar-refractivity contribution in [2.24, 2.45) is 5.10 Å². The van der Waals surface area contributed by atoms with Gasteiger partial charge in [0.15, 0.2) is 5.13 Å². The number of fused-ring (bicyclic) bond motifs is 1. The zero-order chi connectivity index (χ0) is 27.4. The average molecular weight is 579 g/mol. The van der Waals surface area contributed by atoms with Gasteiger partial charge in [-0.15, -0.1) is 0 Å². The predicted octanol–water partition coefficient (Wildman–Crippen LogP) is 5.61. The molecule has 1 N–H and O–H groups in total. The fourth-order valence-corrected chi connectivity index (χ4v) is 7.70. The number of anilines is 2. The van der Waals surface area contributed by atoms with Crippen molar-refractivity contribution < 1.29 is 22.5 Å². The molecule has 3 aromatic carbocycles. The molecule has 0 saturated carbocycles. The number of hydrogen-bond acceptors (Lipinski definition) is 9. The zero-order valence-corrected chi connectivity index (χ0v) is 23.3. The topological polar surface area (TPSA) is 112 Å². The van der Waals surface area contributed by atoms with Gasteiger partial charge >= 0.3 is 0 Å². The van der Waals surface area contributed by atoms with Crippen LogP contribution in [0.2, 0.25) is 0 Å². The highest BCUT2D eigenvalue weighted by Crippen LogP contribution is 2.55. The molecule has 2 aliphatic rings. The third kappa shape index (κ3) is 4.48. The van der Waals surface area contributed by atoms with Crippen LogP contribution < -0.4 is 14.6 Å². The fourth-order valence-electron chi connectivity index (χ4n) is 4.63. The first-order valence-electron chi connectivity index (χ1n) is 11.8. The molecule has 9 nitrogen and oxygen atoms in total. The summed E-state index contributed by atoms with van der Waals surface area (Å²) >= 11 is 2.80. The van der Waals surface area contributed by atoms with Gasteiger partial charge in [0.1, 0.15) is 5.75 Å². The van der Waals surface area contributed by atoms with Gasteiger partial charge in [-0.3, -0.25) is 9.35 Å². The molecule has 198 valence electrons. The number of hydrogen-bond donors (Lipinski definition) is 1. The van der Waals surface area contributed by atoms with Gasteiger partial charge in [0, 0.05) is 12.1 Å². The molecule has 3 heterocycles. The van der Waals surface area contributed by atoms with Gasteiger partial charge in [-0.25, -0.2) is 14.9 Å². The third-order valence-corrected chi connectivity index (χ3v) is 9.62. The van der Waals surface area contributed by atoms with E-state index in [9.17, 15) is 17.8 Å². The number of carbonyl (C=O) groups excluding carboxylic acids is 1. The molecule has 2 aliphatic heterocycles. The van der Waals surface area contributed by atoms with Crippen molar-refractivity contribution in [3.63, 3.8) is 0 Å². The largest absolute Gasteiger partial charge is 0.497 e. The van der Waals surface area contributed by atoms with Gasteiger partial charge in [0.05, 0.1) is 32.8 Å². The smallest absolute Gasteiger partial charge is 0.294 e. The number of hydrazone groups is 1. The van der Waals surface area contributed by atoms with Gasteiger partial charge < -0.3 is 4.74 Å². The van der Waals surface area contributed by atoms with Crippen molar-refractivity contribution in [2.45, 2.75) is 23.2 Å². The first kappa shape index (κ1) is 25.6. The summed E-state index contributed by atoms with van der Waals surface area (Å²) in [5.41, 5.74) is 2.99. The Hall–Kier alpha value is -3.71. The number of aromatic nitrogens is 1. The number of benzene rings is 3. The molecule has 1 fully saturated rings. The van der Waals surface area contributed by atoms with Crippen LogP contribution in [-0.2, 0) is 14.9 Å². The molecule has 1 aromatic heterocycles. The Morgan fingerprint density at radius 3 is 2.44 bits per heavy atom.